The van der Waals surface area contributed by atoms with Crippen molar-refractivity contribution in [1.82, 2.24) is 15.1 Å². The fourth-order valence-corrected chi connectivity index (χ4v) is 4.78. The Kier molecular flexibility index (Phi) is 6.36. The normalized spacial score (nSPS) is 13.8. The minimum absolute atomic E-state index is 0.0150. The van der Waals surface area contributed by atoms with E-state index in [2.05, 4.69) is 47.1 Å². The van der Waals surface area contributed by atoms with Crippen molar-refractivity contribution in [2.75, 3.05) is 37.7 Å². The van der Waals surface area contributed by atoms with Gasteiger partial charge in [-0.15, -0.1) is 10.2 Å². The van der Waals surface area contributed by atoms with E-state index < -0.39 is 0 Å². The second kappa shape index (κ2) is 9.74. The van der Waals surface area contributed by atoms with E-state index in [9.17, 15) is 4.79 Å². The van der Waals surface area contributed by atoms with Crippen molar-refractivity contribution < 1.29 is 9.53 Å². The standard InChI is InChI=1S/C29H30N4O2/c1-4-35-26-13-10-22-7-5-6-8-24(22)28(26)29(34)33-17-15-32(16-18-33)27-14-12-25(30-31-27)23-11-9-20(2)19-21(23)3/h5-14,19H,4,15-18H2,1-3H3. The van der Waals surface area contributed by atoms with Crippen molar-refractivity contribution in [3.63, 3.8) is 0 Å². The monoisotopic (exact) mass is 466 g/mol. The first-order valence-electron chi connectivity index (χ1n) is 12.2. The average Bonchev–Trinajstić information content (AvgIpc) is 2.89. The number of hydrogen-bond donors (Lipinski definition) is 0. The molecule has 0 saturated carbocycles. The molecule has 1 aliphatic heterocycles. The smallest absolute Gasteiger partial charge is 0.258 e. The van der Waals surface area contributed by atoms with Gasteiger partial charge in [0.15, 0.2) is 5.82 Å². The summed E-state index contributed by atoms with van der Waals surface area (Å²) in [7, 11) is 0. The predicted octanol–water partition coefficient (Wildman–Crippen LogP) is 5.27. The molecule has 35 heavy (non-hydrogen) atoms. The summed E-state index contributed by atoms with van der Waals surface area (Å²) >= 11 is 0. The van der Waals surface area contributed by atoms with Gasteiger partial charge in [0.05, 0.1) is 17.9 Å². The first-order valence-corrected chi connectivity index (χ1v) is 12.2. The molecule has 1 aliphatic rings. The molecule has 4 aromatic rings. The molecule has 0 aliphatic carbocycles. The summed E-state index contributed by atoms with van der Waals surface area (Å²) in [6.07, 6.45) is 0. The van der Waals surface area contributed by atoms with Gasteiger partial charge in [0.1, 0.15) is 5.75 Å². The number of carbonyl (C=O) groups is 1. The minimum Gasteiger partial charge on any atom is -0.493 e. The zero-order chi connectivity index (χ0) is 24.4. The van der Waals surface area contributed by atoms with E-state index in [4.69, 9.17) is 4.74 Å². The maximum atomic E-state index is 13.6. The van der Waals surface area contributed by atoms with Gasteiger partial charge in [-0.25, -0.2) is 0 Å². The molecule has 0 bridgehead atoms. The molecular weight excluding hydrogens is 436 g/mol. The van der Waals surface area contributed by atoms with Gasteiger partial charge in [-0.1, -0.05) is 54.1 Å². The molecule has 178 valence electrons. The third-order valence-corrected chi connectivity index (χ3v) is 6.60. The quantitative estimate of drug-likeness (QED) is 0.401. The number of rotatable bonds is 5. The summed E-state index contributed by atoms with van der Waals surface area (Å²) in [6.45, 7) is 9.30. The highest BCUT2D eigenvalue weighted by atomic mass is 16.5. The van der Waals surface area contributed by atoms with Crippen LogP contribution in [-0.4, -0.2) is 53.8 Å². The summed E-state index contributed by atoms with van der Waals surface area (Å²) in [5.74, 6) is 1.50. The first kappa shape index (κ1) is 22.8. The second-order valence-corrected chi connectivity index (χ2v) is 8.97. The maximum absolute atomic E-state index is 13.6. The van der Waals surface area contributed by atoms with Crippen molar-refractivity contribution in [2.24, 2.45) is 0 Å². The van der Waals surface area contributed by atoms with Gasteiger partial charge in [0.25, 0.3) is 5.91 Å². The van der Waals surface area contributed by atoms with Crippen LogP contribution in [0, 0.1) is 13.8 Å². The Morgan fingerprint density at radius 1 is 0.914 bits per heavy atom. The summed E-state index contributed by atoms with van der Waals surface area (Å²) < 4.78 is 5.83. The number of nitrogens with zero attached hydrogens (tertiary/aromatic N) is 4. The van der Waals surface area contributed by atoms with Crippen LogP contribution in [0.25, 0.3) is 22.0 Å². The molecule has 1 saturated heterocycles. The molecule has 0 spiro atoms. The van der Waals surface area contributed by atoms with E-state index in [0.29, 0.717) is 44.1 Å². The molecule has 0 radical (unpaired) electrons. The number of fused-ring (bicyclic) bond motifs is 1. The van der Waals surface area contributed by atoms with E-state index in [0.717, 1.165) is 27.8 Å². The lowest BCUT2D eigenvalue weighted by molar-refractivity contribution is 0.0744. The first-order chi connectivity index (χ1) is 17.0. The largest absolute Gasteiger partial charge is 0.493 e. The van der Waals surface area contributed by atoms with E-state index in [-0.39, 0.29) is 5.91 Å². The van der Waals surface area contributed by atoms with Crippen LogP contribution < -0.4 is 9.64 Å². The van der Waals surface area contributed by atoms with Crippen LogP contribution >= 0.6 is 0 Å². The van der Waals surface area contributed by atoms with Crippen LogP contribution in [0.5, 0.6) is 5.75 Å². The number of benzene rings is 3. The summed E-state index contributed by atoms with van der Waals surface area (Å²) in [4.78, 5) is 17.7. The van der Waals surface area contributed by atoms with Gasteiger partial charge in [-0.3, -0.25) is 4.79 Å². The number of amides is 1. The summed E-state index contributed by atoms with van der Waals surface area (Å²) in [5, 5.41) is 11.0. The van der Waals surface area contributed by atoms with Gasteiger partial charge in [0, 0.05) is 31.7 Å². The fourth-order valence-electron chi connectivity index (χ4n) is 4.78. The third kappa shape index (κ3) is 4.56. The second-order valence-electron chi connectivity index (χ2n) is 8.97. The van der Waals surface area contributed by atoms with E-state index >= 15 is 0 Å². The number of anilines is 1. The van der Waals surface area contributed by atoms with Crippen LogP contribution in [0.1, 0.15) is 28.4 Å². The number of aryl methyl sites for hydroxylation is 2. The highest BCUT2D eigenvalue weighted by molar-refractivity contribution is 6.09. The predicted molar refractivity (Wildman–Crippen MR) is 140 cm³/mol. The van der Waals surface area contributed by atoms with Crippen LogP contribution in [0.15, 0.2) is 66.7 Å². The molecule has 0 atom stereocenters. The lowest BCUT2D eigenvalue weighted by atomic mass is 10.0. The Hall–Kier alpha value is -3.93. The lowest BCUT2D eigenvalue weighted by Crippen LogP contribution is -2.49. The van der Waals surface area contributed by atoms with E-state index in [1.807, 2.05) is 60.4 Å². The number of aromatic nitrogens is 2. The molecule has 1 fully saturated rings. The molecule has 5 rings (SSSR count). The fraction of sp³-hybridized carbons (Fsp3) is 0.276. The zero-order valence-corrected chi connectivity index (χ0v) is 20.5. The highest BCUT2D eigenvalue weighted by Gasteiger charge is 2.26. The van der Waals surface area contributed by atoms with Gasteiger partial charge in [0.2, 0.25) is 0 Å². The Balaban J connectivity index is 1.31. The Bertz CT molecular complexity index is 1360. The zero-order valence-electron chi connectivity index (χ0n) is 20.5. The van der Waals surface area contributed by atoms with Gasteiger partial charge < -0.3 is 14.5 Å². The van der Waals surface area contributed by atoms with Crippen LogP contribution in [-0.2, 0) is 0 Å². The van der Waals surface area contributed by atoms with Crippen molar-refractivity contribution in [3.05, 3.63) is 83.4 Å². The number of carbonyl (C=O) groups excluding carboxylic acids is 1. The molecular formula is C29H30N4O2. The Morgan fingerprint density at radius 2 is 1.71 bits per heavy atom. The van der Waals surface area contributed by atoms with Crippen molar-refractivity contribution in [2.45, 2.75) is 20.8 Å². The molecule has 1 amide bonds. The van der Waals surface area contributed by atoms with Gasteiger partial charge in [-0.2, -0.15) is 0 Å². The van der Waals surface area contributed by atoms with Crippen molar-refractivity contribution in [3.8, 4) is 17.0 Å². The average molecular weight is 467 g/mol. The van der Waals surface area contributed by atoms with Crippen LogP contribution in [0.3, 0.4) is 0 Å². The molecule has 3 aromatic carbocycles. The van der Waals surface area contributed by atoms with E-state index in [1.165, 1.54) is 11.1 Å². The SMILES string of the molecule is CCOc1ccc2ccccc2c1C(=O)N1CCN(c2ccc(-c3ccc(C)cc3C)nn2)CC1. The number of ether oxygens (including phenoxy) is 1. The van der Waals surface area contributed by atoms with Crippen LogP contribution in [0.4, 0.5) is 5.82 Å². The van der Waals surface area contributed by atoms with Crippen LogP contribution in [0.2, 0.25) is 0 Å². The summed E-state index contributed by atoms with van der Waals surface area (Å²) in [5.41, 5.74) is 5.06. The molecule has 6 heteroatoms. The Morgan fingerprint density at radius 3 is 2.43 bits per heavy atom. The molecule has 0 unspecified atom stereocenters. The summed E-state index contributed by atoms with van der Waals surface area (Å²) in [6, 6.07) is 22.3. The third-order valence-electron chi connectivity index (χ3n) is 6.60. The Labute approximate surface area is 206 Å². The molecule has 6 nitrogen and oxygen atoms in total. The molecule has 0 N–H and O–H groups in total. The van der Waals surface area contributed by atoms with Crippen molar-refractivity contribution >= 4 is 22.5 Å². The molecule has 2 heterocycles. The number of piperazine rings is 1. The van der Waals surface area contributed by atoms with E-state index in [1.54, 1.807) is 0 Å². The van der Waals surface area contributed by atoms with Gasteiger partial charge >= 0.3 is 0 Å². The minimum atomic E-state index is 0.0150. The molecule has 1 aromatic heterocycles. The van der Waals surface area contributed by atoms with Crippen molar-refractivity contribution in [1.29, 1.82) is 0 Å². The number of hydrogen-bond acceptors (Lipinski definition) is 5. The topological polar surface area (TPSA) is 58.6 Å². The van der Waals surface area contributed by atoms with Gasteiger partial charge in [-0.05, 0) is 55.3 Å². The maximum Gasteiger partial charge on any atom is 0.258 e. The highest BCUT2D eigenvalue weighted by Crippen LogP contribution is 2.30. The lowest BCUT2D eigenvalue weighted by Gasteiger charge is -2.35.